The molecule has 6 heteroatoms. The fraction of sp³-hybridized carbons (Fsp3) is 0.786. The van der Waals surface area contributed by atoms with Crippen molar-refractivity contribution in [2.24, 2.45) is 5.92 Å². The Hall–Kier alpha value is -0.880. The van der Waals surface area contributed by atoms with Crippen molar-refractivity contribution in [3.05, 3.63) is 17.7 Å². The lowest BCUT2D eigenvalue weighted by molar-refractivity contribution is 0.240. The molecule has 1 unspecified atom stereocenters. The molecule has 0 spiro atoms. The summed E-state index contributed by atoms with van der Waals surface area (Å²) in [6, 6.07) is 0. The topological polar surface area (TPSA) is 72.2 Å². The Morgan fingerprint density at radius 3 is 2.75 bits per heavy atom. The Kier molecular flexibility index (Phi) is 3.86. The molecule has 3 rings (SSSR count). The Bertz CT molecular complexity index is 565. The molecule has 0 amide bonds. The highest BCUT2D eigenvalue weighted by molar-refractivity contribution is 7.91. The minimum Gasteiger partial charge on any atom is -0.396 e. The molecule has 0 aromatic carbocycles. The summed E-state index contributed by atoms with van der Waals surface area (Å²) in [6.07, 6.45) is 6.40. The number of nitrogens with zero attached hydrogens (tertiary/aromatic N) is 2. The molecule has 0 aliphatic carbocycles. The standard InChI is InChI=1S/C14H22N2O3S/c17-10-12-2-1-5-16-13(12)9-15-14(16)8-11-3-6-20(18,19)7-4-11/h9,11-12,17H,1-8,10H2. The van der Waals surface area contributed by atoms with Gasteiger partial charge in [-0.1, -0.05) is 0 Å². The molecule has 112 valence electrons. The second-order valence-corrected chi connectivity index (χ2v) is 8.38. The molecule has 2 aliphatic heterocycles. The molecule has 0 saturated carbocycles. The lowest BCUT2D eigenvalue weighted by atomic mass is 9.96. The predicted octanol–water partition coefficient (Wildman–Crippen LogP) is 1.12. The highest BCUT2D eigenvalue weighted by Gasteiger charge is 2.27. The lowest BCUT2D eigenvalue weighted by Crippen LogP contribution is -2.26. The monoisotopic (exact) mass is 298 g/mol. The van der Waals surface area contributed by atoms with Gasteiger partial charge in [-0.15, -0.1) is 0 Å². The van der Waals surface area contributed by atoms with Crippen LogP contribution in [0.25, 0.3) is 0 Å². The van der Waals surface area contributed by atoms with Gasteiger partial charge in [0.05, 0.1) is 18.1 Å². The third kappa shape index (κ3) is 2.76. The number of aliphatic hydroxyl groups excluding tert-OH is 1. The number of sulfone groups is 1. The molecular weight excluding hydrogens is 276 g/mol. The van der Waals surface area contributed by atoms with Crippen LogP contribution in [-0.4, -0.2) is 41.2 Å². The van der Waals surface area contributed by atoms with Crippen LogP contribution in [0.3, 0.4) is 0 Å². The molecule has 0 radical (unpaired) electrons. The van der Waals surface area contributed by atoms with Crippen molar-refractivity contribution in [2.75, 3.05) is 18.1 Å². The van der Waals surface area contributed by atoms with Gasteiger partial charge in [-0.2, -0.15) is 0 Å². The minimum absolute atomic E-state index is 0.187. The first-order chi connectivity index (χ1) is 9.59. The van der Waals surface area contributed by atoms with Crippen molar-refractivity contribution in [3.8, 4) is 0 Å². The van der Waals surface area contributed by atoms with Crippen LogP contribution in [0.15, 0.2) is 6.20 Å². The number of hydrogen-bond donors (Lipinski definition) is 1. The van der Waals surface area contributed by atoms with Crippen LogP contribution in [0.5, 0.6) is 0 Å². The molecule has 2 aliphatic rings. The SMILES string of the molecule is O=S1(=O)CCC(Cc2ncc3n2CCCC3CO)CC1. The van der Waals surface area contributed by atoms with E-state index in [1.807, 2.05) is 6.20 Å². The predicted molar refractivity (Wildman–Crippen MR) is 76.4 cm³/mol. The van der Waals surface area contributed by atoms with Crippen molar-refractivity contribution in [1.82, 2.24) is 9.55 Å². The molecule has 3 heterocycles. The second kappa shape index (κ2) is 5.48. The van der Waals surface area contributed by atoms with Gasteiger partial charge in [0.1, 0.15) is 15.7 Å². The first-order valence-corrected chi connectivity index (χ1v) is 9.27. The number of hydrogen-bond acceptors (Lipinski definition) is 4. The van der Waals surface area contributed by atoms with E-state index in [1.54, 1.807) is 0 Å². The molecule has 1 aromatic heterocycles. The van der Waals surface area contributed by atoms with E-state index in [0.717, 1.165) is 50.2 Å². The van der Waals surface area contributed by atoms with Crippen molar-refractivity contribution < 1.29 is 13.5 Å². The largest absolute Gasteiger partial charge is 0.396 e. The van der Waals surface area contributed by atoms with E-state index < -0.39 is 9.84 Å². The molecule has 1 fully saturated rings. The van der Waals surface area contributed by atoms with Crippen LogP contribution in [-0.2, 0) is 22.8 Å². The van der Waals surface area contributed by atoms with Gasteiger partial charge in [0.2, 0.25) is 0 Å². The molecular formula is C14H22N2O3S. The summed E-state index contributed by atoms with van der Waals surface area (Å²) in [5.74, 6) is 2.37. The molecule has 1 saturated heterocycles. The molecule has 0 bridgehead atoms. The smallest absolute Gasteiger partial charge is 0.150 e. The number of aliphatic hydroxyl groups is 1. The Balaban J connectivity index is 1.71. The molecule has 1 N–H and O–H groups in total. The van der Waals surface area contributed by atoms with Gasteiger partial charge in [-0.05, 0) is 31.6 Å². The van der Waals surface area contributed by atoms with Gasteiger partial charge in [-0.25, -0.2) is 13.4 Å². The van der Waals surface area contributed by atoms with Crippen molar-refractivity contribution in [1.29, 1.82) is 0 Å². The maximum absolute atomic E-state index is 11.5. The Morgan fingerprint density at radius 1 is 1.30 bits per heavy atom. The summed E-state index contributed by atoms with van der Waals surface area (Å²) in [7, 11) is -2.78. The zero-order valence-corrected chi connectivity index (χ0v) is 12.5. The average molecular weight is 298 g/mol. The van der Waals surface area contributed by atoms with E-state index in [9.17, 15) is 13.5 Å². The quantitative estimate of drug-likeness (QED) is 0.907. The van der Waals surface area contributed by atoms with Gasteiger partial charge < -0.3 is 9.67 Å². The van der Waals surface area contributed by atoms with Crippen LogP contribution in [0.4, 0.5) is 0 Å². The highest BCUT2D eigenvalue weighted by atomic mass is 32.2. The summed E-state index contributed by atoms with van der Waals surface area (Å²) in [5, 5.41) is 9.42. The van der Waals surface area contributed by atoms with Crippen molar-refractivity contribution in [3.63, 3.8) is 0 Å². The van der Waals surface area contributed by atoms with Gasteiger partial charge >= 0.3 is 0 Å². The fourth-order valence-corrected chi connectivity index (χ4v) is 4.99. The zero-order chi connectivity index (χ0) is 14.2. The van der Waals surface area contributed by atoms with E-state index >= 15 is 0 Å². The van der Waals surface area contributed by atoms with E-state index in [0.29, 0.717) is 17.4 Å². The molecule has 1 atom stereocenters. The summed E-state index contributed by atoms with van der Waals surface area (Å²) in [6.45, 7) is 1.17. The maximum atomic E-state index is 11.5. The van der Waals surface area contributed by atoms with Gasteiger partial charge in [0.15, 0.2) is 0 Å². The first-order valence-electron chi connectivity index (χ1n) is 7.44. The normalized spacial score (nSPS) is 26.4. The minimum atomic E-state index is -2.78. The second-order valence-electron chi connectivity index (χ2n) is 6.07. The van der Waals surface area contributed by atoms with Crippen LogP contribution >= 0.6 is 0 Å². The van der Waals surface area contributed by atoms with E-state index in [4.69, 9.17) is 0 Å². The summed E-state index contributed by atoms with van der Waals surface area (Å²) in [5.41, 5.74) is 1.15. The highest BCUT2D eigenvalue weighted by Crippen LogP contribution is 2.30. The number of rotatable bonds is 3. The number of imidazole rings is 1. The van der Waals surface area contributed by atoms with Gasteiger partial charge in [0, 0.05) is 30.8 Å². The number of fused-ring (bicyclic) bond motifs is 1. The third-order valence-corrected chi connectivity index (χ3v) is 6.40. The fourth-order valence-electron chi connectivity index (χ4n) is 3.41. The Morgan fingerprint density at radius 2 is 2.05 bits per heavy atom. The van der Waals surface area contributed by atoms with E-state index in [1.165, 1.54) is 0 Å². The van der Waals surface area contributed by atoms with Crippen molar-refractivity contribution in [2.45, 2.75) is 44.6 Å². The summed E-state index contributed by atoms with van der Waals surface area (Å²) < 4.78 is 25.2. The van der Waals surface area contributed by atoms with E-state index in [2.05, 4.69) is 9.55 Å². The van der Waals surface area contributed by atoms with Crippen LogP contribution in [0.1, 0.15) is 43.1 Å². The number of aromatic nitrogens is 2. The zero-order valence-electron chi connectivity index (χ0n) is 11.7. The molecule has 5 nitrogen and oxygen atoms in total. The summed E-state index contributed by atoms with van der Waals surface area (Å²) in [4.78, 5) is 4.53. The van der Waals surface area contributed by atoms with Crippen molar-refractivity contribution >= 4 is 9.84 Å². The van der Waals surface area contributed by atoms with Crippen LogP contribution in [0, 0.1) is 5.92 Å². The lowest BCUT2D eigenvalue weighted by Gasteiger charge is -2.26. The Labute approximate surface area is 119 Å². The van der Waals surface area contributed by atoms with Gasteiger partial charge in [-0.3, -0.25) is 0 Å². The van der Waals surface area contributed by atoms with Crippen LogP contribution < -0.4 is 0 Å². The van der Waals surface area contributed by atoms with E-state index in [-0.39, 0.29) is 12.5 Å². The van der Waals surface area contributed by atoms with Gasteiger partial charge in [0.25, 0.3) is 0 Å². The molecule has 1 aromatic rings. The summed E-state index contributed by atoms with van der Waals surface area (Å²) >= 11 is 0. The maximum Gasteiger partial charge on any atom is 0.150 e. The average Bonchev–Trinajstić information content (AvgIpc) is 2.84. The first kappa shape index (κ1) is 14.1. The van der Waals surface area contributed by atoms with Crippen LogP contribution in [0.2, 0.25) is 0 Å². The third-order valence-electron chi connectivity index (χ3n) is 4.69. The molecule has 20 heavy (non-hydrogen) atoms.